The molecule has 1 rings (SSSR count). The van der Waals surface area contributed by atoms with Gasteiger partial charge in [0.05, 0.1) is 17.7 Å². The summed E-state index contributed by atoms with van der Waals surface area (Å²) < 4.78 is 19.1. The van der Waals surface area contributed by atoms with Crippen LogP contribution in [0.25, 0.3) is 0 Å². The number of carboxylic acids is 1. The van der Waals surface area contributed by atoms with Gasteiger partial charge in [-0.05, 0) is 37.3 Å². The van der Waals surface area contributed by atoms with Crippen LogP contribution in [0.3, 0.4) is 0 Å². The molecule has 0 radical (unpaired) electrons. The highest BCUT2D eigenvalue weighted by atomic mass is 19.1. The number of hydrogen-bond donors (Lipinski definition) is 1. The molecule has 0 saturated carbocycles. The normalized spacial score (nSPS) is 10.8. The number of halogens is 1. The van der Waals surface area contributed by atoms with E-state index in [0.717, 1.165) is 18.9 Å². The molecule has 0 saturated heterocycles. The van der Waals surface area contributed by atoms with Crippen LogP contribution in [0.15, 0.2) is 12.1 Å². The Morgan fingerprint density at radius 1 is 1.26 bits per heavy atom. The molecule has 0 aliphatic carbocycles. The monoisotopic (exact) mass is 324 g/mol. The maximum Gasteiger partial charge on any atom is 0.339 e. The molecular weight excluding hydrogens is 299 g/mol. The molecule has 0 unspecified atom stereocenters. The Balaban J connectivity index is 3.06. The van der Waals surface area contributed by atoms with E-state index in [-0.39, 0.29) is 23.3 Å². The molecule has 1 N–H and O–H groups in total. The van der Waals surface area contributed by atoms with Crippen molar-refractivity contribution >= 4 is 11.9 Å². The van der Waals surface area contributed by atoms with Crippen LogP contribution in [-0.4, -0.2) is 23.7 Å². The number of ether oxygens (including phenoxy) is 1. The topological polar surface area (TPSA) is 63.6 Å². The quantitative estimate of drug-likeness (QED) is 0.538. The number of rotatable bonds is 9. The lowest BCUT2D eigenvalue weighted by Gasteiger charge is -2.13. The summed E-state index contributed by atoms with van der Waals surface area (Å²) in [6.45, 7) is 6.29. The van der Waals surface area contributed by atoms with Crippen molar-refractivity contribution in [2.45, 2.75) is 52.9 Å². The smallest absolute Gasteiger partial charge is 0.339 e. The van der Waals surface area contributed by atoms with E-state index in [4.69, 9.17) is 4.74 Å². The van der Waals surface area contributed by atoms with Crippen LogP contribution in [0.4, 0.5) is 4.39 Å². The van der Waals surface area contributed by atoms with Gasteiger partial charge >= 0.3 is 11.9 Å². The van der Waals surface area contributed by atoms with Gasteiger partial charge in [-0.25, -0.2) is 14.0 Å². The lowest BCUT2D eigenvalue weighted by molar-refractivity contribution is 0.0489. The highest BCUT2D eigenvalue weighted by Crippen LogP contribution is 2.23. The van der Waals surface area contributed by atoms with Gasteiger partial charge in [-0.15, -0.1) is 0 Å². The fourth-order valence-electron chi connectivity index (χ4n) is 2.36. The summed E-state index contributed by atoms with van der Waals surface area (Å²) in [5.74, 6) is -2.14. The van der Waals surface area contributed by atoms with Crippen LogP contribution in [0, 0.1) is 11.7 Å². The SMILES string of the molecule is CCCCOC(=O)c1ccc(F)c(CCCC(C)C)c1C(=O)O. The molecule has 1 aromatic carbocycles. The predicted octanol–water partition coefficient (Wildman–Crippen LogP) is 4.46. The molecule has 4 nitrogen and oxygen atoms in total. The van der Waals surface area contributed by atoms with Crippen molar-refractivity contribution in [2.75, 3.05) is 6.61 Å². The maximum absolute atomic E-state index is 14.1. The third kappa shape index (κ3) is 5.66. The van der Waals surface area contributed by atoms with Crippen molar-refractivity contribution in [2.24, 2.45) is 5.92 Å². The lowest BCUT2D eigenvalue weighted by Crippen LogP contribution is -2.16. The molecule has 0 fully saturated rings. The van der Waals surface area contributed by atoms with Crippen LogP contribution in [0.5, 0.6) is 0 Å². The third-order valence-electron chi connectivity index (χ3n) is 3.63. The first-order valence-corrected chi connectivity index (χ1v) is 8.10. The number of carbonyl (C=O) groups excluding carboxylic acids is 1. The van der Waals surface area contributed by atoms with Crippen LogP contribution in [0.2, 0.25) is 0 Å². The number of hydrogen-bond acceptors (Lipinski definition) is 3. The molecule has 128 valence electrons. The number of carboxylic acid groups (broad SMARTS) is 1. The van der Waals surface area contributed by atoms with Crippen molar-refractivity contribution in [1.82, 2.24) is 0 Å². The Kier molecular flexibility index (Phi) is 7.72. The van der Waals surface area contributed by atoms with Gasteiger partial charge in [0, 0.05) is 5.56 Å². The van der Waals surface area contributed by atoms with E-state index in [1.165, 1.54) is 6.07 Å². The van der Waals surface area contributed by atoms with Crippen molar-refractivity contribution in [3.8, 4) is 0 Å². The van der Waals surface area contributed by atoms with Gasteiger partial charge in [0.15, 0.2) is 0 Å². The molecule has 5 heteroatoms. The van der Waals surface area contributed by atoms with Crippen LogP contribution in [-0.2, 0) is 11.2 Å². The second-order valence-corrected chi connectivity index (χ2v) is 6.03. The van der Waals surface area contributed by atoms with E-state index < -0.39 is 17.8 Å². The molecule has 1 aromatic rings. The molecular formula is C18H25FO4. The number of unbranched alkanes of at least 4 members (excludes halogenated alkanes) is 1. The highest BCUT2D eigenvalue weighted by molar-refractivity contribution is 6.03. The Morgan fingerprint density at radius 3 is 2.52 bits per heavy atom. The fourth-order valence-corrected chi connectivity index (χ4v) is 2.36. The Labute approximate surface area is 136 Å². The maximum atomic E-state index is 14.1. The predicted molar refractivity (Wildman–Crippen MR) is 86.3 cm³/mol. The zero-order valence-electron chi connectivity index (χ0n) is 14.0. The zero-order valence-corrected chi connectivity index (χ0v) is 14.0. The third-order valence-corrected chi connectivity index (χ3v) is 3.63. The van der Waals surface area contributed by atoms with Crippen molar-refractivity contribution in [3.05, 3.63) is 34.6 Å². The van der Waals surface area contributed by atoms with Crippen LogP contribution in [0.1, 0.15) is 72.7 Å². The Hall–Kier alpha value is -1.91. The summed E-state index contributed by atoms with van der Waals surface area (Å²) in [6.07, 6.45) is 3.40. The Morgan fingerprint density at radius 2 is 1.96 bits per heavy atom. The van der Waals surface area contributed by atoms with Crippen molar-refractivity contribution < 1.29 is 23.8 Å². The molecule has 0 aliphatic rings. The lowest BCUT2D eigenvalue weighted by atomic mass is 9.94. The summed E-state index contributed by atoms with van der Waals surface area (Å²) in [5.41, 5.74) is -0.257. The van der Waals surface area contributed by atoms with Gasteiger partial charge in [0.25, 0.3) is 0 Å². The first-order chi connectivity index (χ1) is 10.9. The number of aromatic carboxylic acids is 1. The van der Waals surface area contributed by atoms with E-state index in [1.54, 1.807) is 0 Å². The van der Waals surface area contributed by atoms with Gasteiger partial charge in [0.2, 0.25) is 0 Å². The molecule has 0 spiro atoms. The van der Waals surface area contributed by atoms with Crippen LogP contribution >= 0.6 is 0 Å². The molecule has 0 aliphatic heterocycles. The first-order valence-electron chi connectivity index (χ1n) is 8.10. The van der Waals surface area contributed by atoms with E-state index in [0.29, 0.717) is 25.2 Å². The van der Waals surface area contributed by atoms with Gasteiger partial charge in [-0.3, -0.25) is 0 Å². The average Bonchev–Trinajstić information content (AvgIpc) is 2.48. The van der Waals surface area contributed by atoms with E-state index in [2.05, 4.69) is 13.8 Å². The second kappa shape index (κ2) is 9.28. The summed E-state index contributed by atoms with van der Waals surface area (Å²) in [5, 5.41) is 9.43. The fraction of sp³-hybridized carbons (Fsp3) is 0.556. The van der Waals surface area contributed by atoms with E-state index in [1.807, 2.05) is 6.92 Å². The standard InChI is InChI=1S/C18H25FO4/c1-4-5-11-23-18(22)14-9-10-15(19)13(16(14)17(20)21)8-6-7-12(2)3/h9-10,12H,4-8,11H2,1-3H3,(H,20,21). The van der Waals surface area contributed by atoms with Crippen LogP contribution < -0.4 is 0 Å². The molecule has 0 bridgehead atoms. The van der Waals surface area contributed by atoms with Gasteiger partial charge in [-0.1, -0.05) is 33.6 Å². The van der Waals surface area contributed by atoms with E-state index in [9.17, 15) is 19.1 Å². The van der Waals surface area contributed by atoms with Gasteiger partial charge in [-0.2, -0.15) is 0 Å². The molecule has 0 amide bonds. The molecule has 23 heavy (non-hydrogen) atoms. The minimum Gasteiger partial charge on any atom is -0.478 e. The van der Waals surface area contributed by atoms with Crippen molar-refractivity contribution in [3.63, 3.8) is 0 Å². The minimum absolute atomic E-state index is 0.0745. The number of carbonyl (C=O) groups is 2. The van der Waals surface area contributed by atoms with Gasteiger partial charge in [0.1, 0.15) is 5.82 Å². The van der Waals surface area contributed by atoms with E-state index >= 15 is 0 Å². The number of esters is 1. The minimum atomic E-state index is -1.30. The van der Waals surface area contributed by atoms with Gasteiger partial charge < -0.3 is 9.84 Å². The summed E-state index contributed by atoms with van der Waals surface area (Å²) in [6, 6.07) is 2.34. The molecule has 0 heterocycles. The molecule has 0 atom stereocenters. The zero-order chi connectivity index (χ0) is 17.4. The summed E-state index contributed by atoms with van der Waals surface area (Å²) in [7, 11) is 0. The van der Waals surface area contributed by atoms with Crippen molar-refractivity contribution in [1.29, 1.82) is 0 Å². The summed E-state index contributed by atoms with van der Waals surface area (Å²) >= 11 is 0. The molecule has 0 aromatic heterocycles. The second-order valence-electron chi connectivity index (χ2n) is 6.03. The largest absolute Gasteiger partial charge is 0.478 e. The summed E-state index contributed by atoms with van der Waals surface area (Å²) in [4.78, 5) is 23.6. The first kappa shape index (κ1) is 19.1. The average molecular weight is 324 g/mol. The highest BCUT2D eigenvalue weighted by Gasteiger charge is 2.24. The number of benzene rings is 1. The Bertz CT molecular complexity index is 552.